The first-order chi connectivity index (χ1) is 9.43. The highest BCUT2D eigenvalue weighted by Gasteiger charge is 2.29. The topological polar surface area (TPSA) is 88.2 Å². The smallest absolute Gasteiger partial charge is 0.254 e. The number of rotatable bonds is 4. The Labute approximate surface area is 116 Å². The summed E-state index contributed by atoms with van der Waals surface area (Å²) < 4.78 is 36.7. The molecule has 1 aromatic rings. The number of sulfone groups is 1. The number of aromatic nitrogens is 1. The number of carbonyl (C=O) groups excluding carboxylic acids is 1. The van der Waals surface area contributed by atoms with E-state index < -0.39 is 27.6 Å². The fourth-order valence-electron chi connectivity index (χ4n) is 2.08. The quantitative estimate of drug-likeness (QED) is 0.849. The van der Waals surface area contributed by atoms with Crippen LogP contribution in [0.5, 0.6) is 0 Å². The van der Waals surface area contributed by atoms with Gasteiger partial charge in [0.1, 0.15) is 0 Å². The van der Waals surface area contributed by atoms with E-state index in [9.17, 15) is 17.6 Å². The molecule has 1 aliphatic rings. The van der Waals surface area contributed by atoms with E-state index in [1.165, 1.54) is 12.3 Å². The molecule has 1 aliphatic heterocycles. The van der Waals surface area contributed by atoms with Gasteiger partial charge in [-0.3, -0.25) is 4.79 Å². The van der Waals surface area contributed by atoms with Crippen molar-refractivity contribution < 1.29 is 17.6 Å². The van der Waals surface area contributed by atoms with Crippen LogP contribution >= 0.6 is 0 Å². The van der Waals surface area contributed by atoms with Gasteiger partial charge in [-0.05, 0) is 19.4 Å². The molecule has 20 heavy (non-hydrogen) atoms. The molecule has 6 nitrogen and oxygen atoms in total. The summed E-state index contributed by atoms with van der Waals surface area (Å²) in [5, 5.41) is 5.26. The van der Waals surface area contributed by atoms with E-state index in [2.05, 4.69) is 15.6 Å². The SMILES string of the molecule is CCNc1nccc(C(=O)NC2CCS(=O)(=O)C2)c1F. The number of amides is 1. The normalized spacial score (nSPS) is 20.6. The summed E-state index contributed by atoms with van der Waals surface area (Å²) >= 11 is 0. The second kappa shape index (κ2) is 5.74. The van der Waals surface area contributed by atoms with Crippen molar-refractivity contribution in [2.75, 3.05) is 23.4 Å². The molecule has 1 aromatic heterocycles. The molecule has 8 heteroatoms. The molecule has 0 radical (unpaired) electrons. The number of nitrogens with zero attached hydrogens (tertiary/aromatic N) is 1. The number of nitrogens with one attached hydrogen (secondary N) is 2. The first-order valence-corrected chi connectivity index (χ1v) is 8.14. The van der Waals surface area contributed by atoms with Crippen LogP contribution in [0.4, 0.5) is 10.2 Å². The minimum Gasteiger partial charge on any atom is -0.368 e. The maximum atomic E-state index is 14.0. The standard InChI is InChI=1S/C12H16FN3O3S/c1-2-14-11-10(13)9(3-5-15-11)12(17)16-8-4-6-20(18,19)7-8/h3,5,8H,2,4,6-7H2,1H3,(H,14,15)(H,16,17). The van der Waals surface area contributed by atoms with Crippen LogP contribution in [0.3, 0.4) is 0 Å². The Bertz CT molecular complexity index is 618. The molecule has 110 valence electrons. The third-order valence-electron chi connectivity index (χ3n) is 3.05. The Morgan fingerprint density at radius 2 is 2.30 bits per heavy atom. The molecule has 1 atom stereocenters. The molecule has 0 spiro atoms. The molecule has 1 unspecified atom stereocenters. The summed E-state index contributed by atoms with van der Waals surface area (Å²) in [6, 6.07) is 0.817. The van der Waals surface area contributed by atoms with E-state index in [1.807, 2.05) is 0 Å². The van der Waals surface area contributed by atoms with Gasteiger partial charge < -0.3 is 10.6 Å². The van der Waals surface area contributed by atoms with E-state index >= 15 is 0 Å². The summed E-state index contributed by atoms with van der Waals surface area (Å²) in [6.45, 7) is 2.27. The highest BCUT2D eigenvalue weighted by Crippen LogP contribution is 2.16. The fraction of sp³-hybridized carbons (Fsp3) is 0.500. The lowest BCUT2D eigenvalue weighted by molar-refractivity contribution is 0.0937. The summed E-state index contributed by atoms with van der Waals surface area (Å²) in [5.74, 6) is -1.37. The van der Waals surface area contributed by atoms with Crippen LogP contribution in [-0.2, 0) is 9.84 Å². The van der Waals surface area contributed by atoms with Gasteiger partial charge in [-0.25, -0.2) is 17.8 Å². The van der Waals surface area contributed by atoms with Gasteiger partial charge >= 0.3 is 0 Å². The maximum Gasteiger partial charge on any atom is 0.254 e. The zero-order chi connectivity index (χ0) is 14.8. The molecule has 0 aliphatic carbocycles. The molecule has 1 amide bonds. The number of pyridine rings is 1. The van der Waals surface area contributed by atoms with Crippen LogP contribution < -0.4 is 10.6 Å². The minimum absolute atomic E-state index is 0.0131. The predicted molar refractivity (Wildman–Crippen MR) is 72.9 cm³/mol. The van der Waals surface area contributed by atoms with Crippen molar-refractivity contribution in [1.82, 2.24) is 10.3 Å². The zero-order valence-electron chi connectivity index (χ0n) is 11.0. The first-order valence-electron chi connectivity index (χ1n) is 6.32. The third-order valence-corrected chi connectivity index (χ3v) is 4.81. The number of halogens is 1. The molecule has 2 N–H and O–H groups in total. The van der Waals surface area contributed by atoms with E-state index in [0.717, 1.165) is 0 Å². The van der Waals surface area contributed by atoms with Crippen LogP contribution in [-0.4, -0.2) is 43.4 Å². The maximum absolute atomic E-state index is 14.0. The van der Waals surface area contributed by atoms with Gasteiger partial charge in [-0.2, -0.15) is 0 Å². The molecule has 1 fully saturated rings. The van der Waals surface area contributed by atoms with Crippen LogP contribution in [0.1, 0.15) is 23.7 Å². The highest BCUT2D eigenvalue weighted by molar-refractivity contribution is 7.91. The monoisotopic (exact) mass is 301 g/mol. The molecule has 0 aromatic carbocycles. The van der Waals surface area contributed by atoms with Crippen LogP contribution in [0.25, 0.3) is 0 Å². The number of hydrogen-bond acceptors (Lipinski definition) is 5. The van der Waals surface area contributed by atoms with Gasteiger partial charge in [0, 0.05) is 18.8 Å². The molecule has 0 saturated carbocycles. The van der Waals surface area contributed by atoms with Crippen molar-refractivity contribution in [3.05, 3.63) is 23.6 Å². The minimum atomic E-state index is -3.08. The molecule has 2 rings (SSSR count). The van der Waals surface area contributed by atoms with Gasteiger partial charge in [0.2, 0.25) is 0 Å². The van der Waals surface area contributed by atoms with E-state index in [1.54, 1.807) is 6.92 Å². The van der Waals surface area contributed by atoms with E-state index in [0.29, 0.717) is 13.0 Å². The van der Waals surface area contributed by atoms with Crippen LogP contribution in [0.2, 0.25) is 0 Å². The van der Waals surface area contributed by atoms with Gasteiger partial charge in [-0.1, -0.05) is 0 Å². The first kappa shape index (κ1) is 14.7. The van der Waals surface area contributed by atoms with Crippen LogP contribution in [0.15, 0.2) is 12.3 Å². The summed E-state index contributed by atoms with van der Waals surface area (Å²) in [4.78, 5) is 15.8. The molecular formula is C12H16FN3O3S. The predicted octanol–water partition coefficient (Wildman–Crippen LogP) is 0.569. The van der Waals surface area contributed by atoms with Gasteiger partial charge in [0.15, 0.2) is 21.5 Å². The fourth-order valence-corrected chi connectivity index (χ4v) is 3.76. The molecule has 2 heterocycles. The van der Waals surface area contributed by atoms with Crippen LogP contribution in [0, 0.1) is 5.82 Å². The highest BCUT2D eigenvalue weighted by atomic mass is 32.2. The average molecular weight is 301 g/mol. The third kappa shape index (κ3) is 3.24. The molecule has 0 bridgehead atoms. The summed E-state index contributed by atoms with van der Waals surface area (Å²) in [5.41, 5.74) is -0.139. The van der Waals surface area contributed by atoms with Crippen molar-refractivity contribution >= 4 is 21.6 Å². The van der Waals surface area contributed by atoms with E-state index in [4.69, 9.17) is 0 Å². The molecular weight excluding hydrogens is 285 g/mol. The lowest BCUT2D eigenvalue weighted by atomic mass is 10.2. The largest absolute Gasteiger partial charge is 0.368 e. The van der Waals surface area contributed by atoms with Gasteiger partial charge in [0.25, 0.3) is 5.91 Å². The Hall–Kier alpha value is -1.70. The van der Waals surface area contributed by atoms with Crippen molar-refractivity contribution in [1.29, 1.82) is 0 Å². The average Bonchev–Trinajstić information content (AvgIpc) is 2.71. The van der Waals surface area contributed by atoms with Gasteiger partial charge in [0.05, 0.1) is 17.1 Å². The second-order valence-corrected chi connectivity index (χ2v) is 6.85. The zero-order valence-corrected chi connectivity index (χ0v) is 11.8. The Morgan fingerprint density at radius 1 is 1.55 bits per heavy atom. The number of carbonyl (C=O) groups is 1. The van der Waals surface area contributed by atoms with Crippen molar-refractivity contribution in [2.45, 2.75) is 19.4 Å². The van der Waals surface area contributed by atoms with E-state index in [-0.39, 0.29) is 22.9 Å². The number of hydrogen-bond donors (Lipinski definition) is 2. The Morgan fingerprint density at radius 3 is 2.90 bits per heavy atom. The van der Waals surface area contributed by atoms with Crippen molar-refractivity contribution in [2.24, 2.45) is 0 Å². The Balaban J connectivity index is 2.12. The number of anilines is 1. The lowest BCUT2D eigenvalue weighted by Crippen LogP contribution is -2.36. The summed E-state index contributed by atoms with van der Waals surface area (Å²) in [6.07, 6.45) is 1.70. The summed E-state index contributed by atoms with van der Waals surface area (Å²) in [7, 11) is -3.08. The van der Waals surface area contributed by atoms with Crippen molar-refractivity contribution in [3.8, 4) is 0 Å². The van der Waals surface area contributed by atoms with Crippen molar-refractivity contribution in [3.63, 3.8) is 0 Å². The lowest BCUT2D eigenvalue weighted by Gasteiger charge is -2.12. The Kier molecular flexibility index (Phi) is 4.22. The second-order valence-electron chi connectivity index (χ2n) is 4.62. The van der Waals surface area contributed by atoms with Gasteiger partial charge in [-0.15, -0.1) is 0 Å². The molecule has 1 saturated heterocycles.